The summed E-state index contributed by atoms with van der Waals surface area (Å²) < 4.78 is 39.4. The second-order valence-corrected chi connectivity index (χ2v) is 6.38. The maximum atomic E-state index is 12.9. The minimum atomic E-state index is -4.45. The topological polar surface area (TPSA) is 50.2 Å². The number of aromatic nitrogens is 1. The van der Waals surface area contributed by atoms with Gasteiger partial charge >= 0.3 is 12.1 Å². The summed E-state index contributed by atoms with van der Waals surface area (Å²) in [5.74, 6) is -1.07. The van der Waals surface area contributed by atoms with Crippen molar-refractivity contribution in [2.24, 2.45) is 0 Å². The second-order valence-electron chi connectivity index (χ2n) is 5.35. The molecular weight excluding hydrogens is 351 g/mol. The van der Waals surface area contributed by atoms with Gasteiger partial charge in [-0.15, -0.1) is 11.3 Å². The molecule has 0 radical (unpaired) electrons. The van der Waals surface area contributed by atoms with Gasteiger partial charge in [0, 0.05) is 0 Å². The standard InChI is InChI=1S/C18H12F3NO2S/c19-18(20,21)13-5-3-4-11(9-13)8-12(10-16(23)24)17-22-14-6-1-2-7-15(14)25-17/h1-9H,10H2,(H,23,24)/b12-8-. The third kappa shape index (κ3) is 4.06. The van der Waals surface area contributed by atoms with Crippen molar-refractivity contribution in [1.29, 1.82) is 0 Å². The van der Waals surface area contributed by atoms with Crippen LogP contribution in [0.25, 0.3) is 21.9 Å². The van der Waals surface area contributed by atoms with E-state index in [2.05, 4.69) is 4.98 Å². The lowest BCUT2D eigenvalue weighted by molar-refractivity contribution is -0.138. The van der Waals surface area contributed by atoms with Crippen LogP contribution in [0.2, 0.25) is 0 Å². The molecule has 0 fully saturated rings. The molecule has 0 unspecified atom stereocenters. The number of halogens is 3. The Hall–Kier alpha value is -2.67. The third-order valence-electron chi connectivity index (χ3n) is 3.47. The Morgan fingerprint density at radius 3 is 2.60 bits per heavy atom. The lowest BCUT2D eigenvalue weighted by atomic mass is 10.1. The number of hydrogen-bond acceptors (Lipinski definition) is 3. The fraction of sp³-hybridized carbons (Fsp3) is 0.111. The van der Waals surface area contributed by atoms with Gasteiger partial charge < -0.3 is 5.11 Å². The van der Waals surface area contributed by atoms with E-state index in [1.807, 2.05) is 18.2 Å². The summed E-state index contributed by atoms with van der Waals surface area (Å²) in [6.07, 6.45) is -3.33. The van der Waals surface area contributed by atoms with Crippen LogP contribution < -0.4 is 0 Å². The Labute approximate surface area is 145 Å². The lowest BCUT2D eigenvalue weighted by Gasteiger charge is -2.07. The summed E-state index contributed by atoms with van der Waals surface area (Å²) >= 11 is 1.31. The van der Waals surface area contributed by atoms with E-state index in [1.165, 1.54) is 29.5 Å². The monoisotopic (exact) mass is 363 g/mol. The molecule has 3 nitrogen and oxygen atoms in total. The molecule has 0 spiro atoms. The van der Waals surface area contributed by atoms with Gasteiger partial charge in [0.15, 0.2) is 0 Å². The Morgan fingerprint density at radius 1 is 1.16 bits per heavy atom. The van der Waals surface area contributed by atoms with Crippen molar-refractivity contribution >= 4 is 39.2 Å². The van der Waals surface area contributed by atoms with Gasteiger partial charge in [-0.05, 0) is 41.5 Å². The second kappa shape index (κ2) is 6.68. The smallest absolute Gasteiger partial charge is 0.416 e. The highest BCUT2D eigenvalue weighted by Crippen LogP contribution is 2.32. The van der Waals surface area contributed by atoms with Gasteiger partial charge in [0.05, 0.1) is 22.2 Å². The predicted molar refractivity (Wildman–Crippen MR) is 91.2 cm³/mol. The summed E-state index contributed by atoms with van der Waals surface area (Å²) in [7, 11) is 0. The molecule has 0 aliphatic heterocycles. The molecule has 0 atom stereocenters. The highest BCUT2D eigenvalue weighted by atomic mass is 32.1. The number of para-hydroxylation sites is 1. The van der Waals surface area contributed by atoms with E-state index >= 15 is 0 Å². The summed E-state index contributed by atoms with van der Waals surface area (Å²) in [6.45, 7) is 0. The molecule has 3 aromatic rings. The molecule has 1 N–H and O–H groups in total. The largest absolute Gasteiger partial charge is 0.481 e. The lowest BCUT2D eigenvalue weighted by Crippen LogP contribution is -2.04. The molecule has 0 amide bonds. The first-order valence-corrected chi connectivity index (χ1v) is 8.10. The van der Waals surface area contributed by atoms with E-state index in [1.54, 1.807) is 6.07 Å². The summed E-state index contributed by atoms with van der Waals surface area (Å²) in [5.41, 5.74) is 0.599. The number of alkyl halides is 3. The first-order chi connectivity index (χ1) is 11.8. The van der Waals surface area contributed by atoms with Gasteiger partial charge in [0.2, 0.25) is 0 Å². The number of benzene rings is 2. The molecule has 128 valence electrons. The number of rotatable bonds is 4. The van der Waals surface area contributed by atoms with Gasteiger partial charge in [0.1, 0.15) is 5.01 Å². The van der Waals surface area contributed by atoms with Gasteiger partial charge in [0.25, 0.3) is 0 Å². The average Bonchev–Trinajstić information content (AvgIpc) is 2.97. The highest BCUT2D eigenvalue weighted by molar-refractivity contribution is 7.19. The molecule has 2 aromatic carbocycles. The van der Waals surface area contributed by atoms with Crippen LogP contribution in [0, 0.1) is 0 Å². The molecule has 0 aliphatic rings. The number of aliphatic carboxylic acids is 1. The average molecular weight is 363 g/mol. The van der Waals surface area contributed by atoms with E-state index in [9.17, 15) is 18.0 Å². The zero-order valence-corrected chi connectivity index (χ0v) is 13.6. The maximum absolute atomic E-state index is 12.9. The van der Waals surface area contributed by atoms with Crippen LogP contribution in [0.15, 0.2) is 48.5 Å². The number of nitrogens with zero attached hydrogens (tertiary/aromatic N) is 1. The zero-order valence-electron chi connectivity index (χ0n) is 12.7. The normalized spacial score (nSPS) is 12.5. The molecule has 1 heterocycles. The van der Waals surface area contributed by atoms with E-state index in [-0.39, 0.29) is 12.0 Å². The van der Waals surface area contributed by atoms with Crippen molar-refractivity contribution in [3.63, 3.8) is 0 Å². The van der Waals surface area contributed by atoms with Crippen molar-refractivity contribution in [1.82, 2.24) is 4.98 Å². The number of carboxylic acids is 1. The quantitative estimate of drug-likeness (QED) is 0.682. The van der Waals surface area contributed by atoms with Crippen LogP contribution in [0.1, 0.15) is 22.6 Å². The molecule has 0 bridgehead atoms. The number of carboxylic acid groups (broad SMARTS) is 1. The third-order valence-corrected chi connectivity index (χ3v) is 4.58. The first-order valence-electron chi connectivity index (χ1n) is 7.28. The fourth-order valence-electron chi connectivity index (χ4n) is 2.37. The van der Waals surface area contributed by atoms with Crippen LogP contribution >= 0.6 is 11.3 Å². The fourth-order valence-corrected chi connectivity index (χ4v) is 3.35. The molecule has 0 aliphatic carbocycles. The van der Waals surface area contributed by atoms with Crippen molar-refractivity contribution in [3.05, 3.63) is 64.7 Å². The maximum Gasteiger partial charge on any atom is 0.416 e. The van der Waals surface area contributed by atoms with Gasteiger partial charge in [-0.2, -0.15) is 13.2 Å². The zero-order chi connectivity index (χ0) is 18.0. The minimum absolute atomic E-state index is 0.283. The van der Waals surface area contributed by atoms with Crippen LogP contribution in [-0.2, 0) is 11.0 Å². The van der Waals surface area contributed by atoms with Crippen LogP contribution in [0.3, 0.4) is 0 Å². The van der Waals surface area contributed by atoms with Crippen LogP contribution in [0.5, 0.6) is 0 Å². The molecule has 3 rings (SSSR count). The molecule has 7 heteroatoms. The van der Waals surface area contributed by atoms with Crippen molar-refractivity contribution < 1.29 is 23.1 Å². The van der Waals surface area contributed by atoms with E-state index in [0.29, 0.717) is 10.6 Å². The first kappa shape index (κ1) is 17.2. The summed E-state index contributed by atoms with van der Waals surface area (Å²) in [6, 6.07) is 12.1. The Morgan fingerprint density at radius 2 is 1.92 bits per heavy atom. The van der Waals surface area contributed by atoms with Crippen LogP contribution in [-0.4, -0.2) is 16.1 Å². The highest BCUT2D eigenvalue weighted by Gasteiger charge is 2.30. The number of thiazole rings is 1. The molecule has 25 heavy (non-hydrogen) atoms. The van der Waals surface area contributed by atoms with Crippen molar-refractivity contribution in [2.75, 3.05) is 0 Å². The van der Waals surface area contributed by atoms with Crippen molar-refractivity contribution in [3.8, 4) is 0 Å². The summed E-state index contributed by atoms with van der Waals surface area (Å²) in [4.78, 5) is 15.6. The van der Waals surface area contributed by atoms with Gasteiger partial charge in [-0.25, -0.2) is 4.98 Å². The Bertz CT molecular complexity index is 927. The van der Waals surface area contributed by atoms with Crippen molar-refractivity contribution in [2.45, 2.75) is 12.6 Å². The summed E-state index contributed by atoms with van der Waals surface area (Å²) in [5, 5.41) is 9.63. The SMILES string of the molecule is O=C(O)C/C(=C/c1cccc(C(F)(F)F)c1)c1nc2ccccc2s1. The minimum Gasteiger partial charge on any atom is -0.481 e. The number of fused-ring (bicyclic) bond motifs is 1. The van der Waals surface area contributed by atoms with Gasteiger partial charge in [-0.1, -0.05) is 24.3 Å². The molecular formula is C18H12F3NO2S. The van der Waals surface area contributed by atoms with E-state index < -0.39 is 17.7 Å². The van der Waals surface area contributed by atoms with Gasteiger partial charge in [-0.3, -0.25) is 4.79 Å². The number of carbonyl (C=O) groups is 1. The molecule has 0 saturated heterocycles. The molecule has 0 saturated carbocycles. The van der Waals surface area contributed by atoms with E-state index in [0.717, 1.165) is 22.3 Å². The van der Waals surface area contributed by atoms with E-state index in [4.69, 9.17) is 5.11 Å². The Kier molecular flexibility index (Phi) is 4.59. The predicted octanol–water partition coefficient (Wildman–Crippen LogP) is 5.33. The Balaban J connectivity index is 2.06. The van der Waals surface area contributed by atoms with Crippen LogP contribution in [0.4, 0.5) is 13.2 Å². The number of hydrogen-bond donors (Lipinski definition) is 1. The molecule has 1 aromatic heterocycles.